The lowest BCUT2D eigenvalue weighted by atomic mass is 10.2. The fraction of sp³-hybridized carbons (Fsp3) is 0. The first kappa shape index (κ1) is 10.1. The van der Waals surface area contributed by atoms with Crippen molar-refractivity contribution in [2.24, 2.45) is 0 Å². The van der Waals surface area contributed by atoms with Crippen LogP contribution >= 0.6 is 22.9 Å². The fourth-order valence-electron chi connectivity index (χ4n) is 1.09. The number of nitriles is 1. The Hall–Kier alpha value is -1.44. The molecule has 2 rings (SSSR count). The molecule has 0 bridgehead atoms. The van der Waals surface area contributed by atoms with Crippen LogP contribution in [0, 0.1) is 17.1 Å². The fourth-order valence-corrected chi connectivity index (χ4v) is 2.14. The van der Waals surface area contributed by atoms with Crippen molar-refractivity contribution in [3.05, 3.63) is 40.1 Å². The molecule has 0 saturated carbocycles. The van der Waals surface area contributed by atoms with E-state index in [1.165, 1.54) is 23.5 Å². The van der Waals surface area contributed by atoms with Crippen LogP contribution in [0.2, 0.25) is 4.34 Å². The van der Waals surface area contributed by atoms with Crippen molar-refractivity contribution in [3.8, 4) is 16.6 Å². The summed E-state index contributed by atoms with van der Waals surface area (Å²) in [5, 5.41) is 9.29. The average Bonchev–Trinajstić information content (AvgIpc) is 2.61. The van der Waals surface area contributed by atoms with Gasteiger partial charge in [0.2, 0.25) is 0 Å². The molecular formula is C10H4ClFN2S. The molecule has 1 aromatic heterocycles. The van der Waals surface area contributed by atoms with Crippen LogP contribution in [-0.2, 0) is 0 Å². The molecule has 5 heteroatoms. The molecule has 0 spiro atoms. The Morgan fingerprint density at radius 2 is 2.00 bits per heavy atom. The second-order valence-electron chi connectivity index (χ2n) is 2.76. The highest BCUT2D eigenvalue weighted by molar-refractivity contribution is 7.19. The van der Waals surface area contributed by atoms with Crippen LogP contribution in [0.4, 0.5) is 4.39 Å². The van der Waals surface area contributed by atoms with Gasteiger partial charge in [-0.1, -0.05) is 11.6 Å². The van der Waals surface area contributed by atoms with E-state index in [4.69, 9.17) is 16.9 Å². The molecule has 2 nitrogen and oxygen atoms in total. The predicted molar refractivity (Wildman–Crippen MR) is 57.2 cm³/mol. The SMILES string of the molecule is N#Cc1nc(-c2ccc(F)cc2)sc1Cl. The van der Waals surface area contributed by atoms with E-state index in [-0.39, 0.29) is 11.5 Å². The molecule has 0 atom stereocenters. The predicted octanol–water partition coefficient (Wildman–Crippen LogP) is 3.47. The molecule has 0 radical (unpaired) electrons. The second kappa shape index (κ2) is 3.97. The monoisotopic (exact) mass is 238 g/mol. The molecule has 74 valence electrons. The Kier molecular flexibility index (Phi) is 2.67. The van der Waals surface area contributed by atoms with Crippen molar-refractivity contribution < 1.29 is 4.39 Å². The van der Waals surface area contributed by atoms with Gasteiger partial charge in [-0.25, -0.2) is 9.37 Å². The number of thiazole rings is 1. The summed E-state index contributed by atoms with van der Waals surface area (Å²) >= 11 is 6.99. The van der Waals surface area contributed by atoms with Gasteiger partial charge in [0.1, 0.15) is 21.2 Å². The third-order valence-corrected chi connectivity index (χ3v) is 3.09. The summed E-state index contributed by atoms with van der Waals surface area (Å²) in [6, 6.07) is 7.78. The molecule has 0 amide bonds. The van der Waals surface area contributed by atoms with E-state index >= 15 is 0 Å². The van der Waals surface area contributed by atoms with Crippen LogP contribution in [0.5, 0.6) is 0 Å². The van der Waals surface area contributed by atoms with Crippen molar-refractivity contribution in [2.75, 3.05) is 0 Å². The van der Waals surface area contributed by atoms with Crippen LogP contribution in [0.1, 0.15) is 5.69 Å². The number of hydrogen-bond acceptors (Lipinski definition) is 3. The molecule has 0 aliphatic heterocycles. The Morgan fingerprint density at radius 1 is 1.33 bits per heavy atom. The molecule has 1 heterocycles. The quantitative estimate of drug-likeness (QED) is 0.763. The summed E-state index contributed by atoms with van der Waals surface area (Å²) in [6.07, 6.45) is 0. The van der Waals surface area contributed by atoms with E-state index in [2.05, 4.69) is 4.98 Å². The number of hydrogen-bond donors (Lipinski definition) is 0. The summed E-state index contributed by atoms with van der Waals surface area (Å²) < 4.78 is 13.0. The van der Waals surface area contributed by atoms with E-state index < -0.39 is 0 Å². The lowest BCUT2D eigenvalue weighted by Gasteiger charge is -1.93. The van der Waals surface area contributed by atoms with Gasteiger partial charge in [-0.2, -0.15) is 5.26 Å². The van der Waals surface area contributed by atoms with Gasteiger partial charge in [-0.3, -0.25) is 0 Å². The third kappa shape index (κ3) is 1.99. The van der Waals surface area contributed by atoms with E-state index in [0.29, 0.717) is 9.34 Å². The van der Waals surface area contributed by atoms with E-state index in [1.807, 2.05) is 6.07 Å². The maximum atomic E-state index is 12.7. The summed E-state index contributed by atoms with van der Waals surface area (Å²) in [7, 11) is 0. The Balaban J connectivity index is 2.46. The van der Waals surface area contributed by atoms with Crippen LogP contribution in [-0.4, -0.2) is 4.98 Å². The number of aromatic nitrogens is 1. The minimum Gasteiger partial charge on any atom is -0.224 e. The van der Waals surface area contributed by atoms with Gasteiger partial charge in [0, 0.05) is 5.56 Å². The van der Waals surface area contributed by atoms with Crippen LogP contribution < -0.4 is 0 Å². The maximum absolute atomic E-state index is 12.7. The molecule has 0 aliphatic carbocycles. The minimum atomic E-state index is -0.304. The first-order chi connectivity index (χ1) is 7.20. The van der Waals surface area contributed by atoms with Gasteiger partial charge >= 0.3 is 0 Å². The molecule has 15 heavy (non-hydrogen) atoms. The second-order valence-corrected chi connectivity index (χ2v) is 4.36. The summed E-state index contributed by atoms with van der Waals surface area (Å²) in [5.41, 5.74) is 0.964. The number of benzene rings is 1. The Bertz CT molecular complexity index is 527. The van der Waals surface area contributed by atoms with Crippen LogP contribution in [0.3, 0.4) is 0 Å². The zero-order valence-electron chi connectivity index (χ0n) is 7.37. The highest BCUT2D eigenvalue weighted by atomic mass is 35.5. The highest BCUT2D eigenvalue weighted by Crippen LogP contribution is 2.31. The highest BCUT2D eigenvalue weighted by Gasteiger charge is 2.09. The van der Waals surface area contributed by atoms with Gasteiger partial charge < -0.3 is 0 Å². The van der Waals surface area contributed by atoms with Gasteiger partial charge in [-0.05, 0) is 24.3 Å². The van der Waals surface area contributed by atoms with Crippen molar-refractivity contribution in [1.82, 2.24) is 4.98 Å². The number of nitrogens with zero attached hydrogens (tertiary/aromatic N) is 2. The van der Waals surface area contributed by atoms with Gasteiger partial charge in [-0.15, -0.1) is 11.3 Å². The van der Waals surface area contributed by atoms with Crippen molar-refractivity contribution in [3.63, 3.8) is 0 Å². The van der Waals surface area contributed by atoms with Crippen molar-refractivity contribution >= 4 is 22.9 Å². The number of rotatable bonds is 1. The Morgan fingerprint density at radius 3 is 2.53 bits per heavy atom. The molecule has 0 fully saturated rings. The molecular weight excluding hydrogens is 235 g/mol. The maximum Gasteiger partial charge on any atom is 0.170 e. The largest absolute Gasteiger partial charge is 0.224 e. The molecule has 0 saturated heterocycles. The lowest BCUT2D eigenvalue weighted by molar-refractivity contribution is 0.628. The van der Waals surface area contributed by atoms with Gasteiger partial charge in [0.05, 0.1) is 0 Å². The van der Waals surface area contributed by atoms with Crippen molar-refractivity contribution in [2.45, 2.75) is 0 Å². The van der Waals surface area contributed by atoms with E-state index in [0.717, 1.165) is 5.56 Å². The zero-order valence-corrected chi connectivity index (χ0v) is 8.94. The van der Waals surface area contributed by atoms with Crippen LogP contribution in [0.15, 0.2) is 24.3 Å². The molecule has 0 unspecified atom stereocenters. The van der Waals surface area contributed by atoms with Gasteiger partial charge in [0.15, 0.2) is 5.69 Å². The summed E-state index contributed by atoms with van der Waals surface area (Å²) in [5.74, 6) is -0.304. The standard InChI is InChI=1S/C10H4ClFN2S/c11-9-8(5-13)14-10(15-9)6-1-3-7(12)4-2-6/h1-4H. The molecule has 0 N–H and O–H groups in total. The average molecular weight is 239 g/mol. The molecule has 2 aromatic rings. The normalized spacial score (nSPS) is 9.93. The van der Waals surface area contributed by atoms with Crippen LogP contribution in [0.25, 0.3) is 10.6 Å². The Labute approximate surface area is 94.6 Å². The summed E-state index contributed by atoms with van der Waals surface area (Å²) in [4.78, 5) is 4.03. The first-order valence-electron chi connectivity index (χ1n) is 4.03. The third-order valence-electron chi connectivity index (χ3n) is 1.78. The smallest absolute Gasteiger partial charge is 0.170 e. The summed E-state index contributed by atoms with van der Waals surface area (Å²) in [6.45, 7) is 0. The zero-order chi connectivity index (χ0) is 10.8. The molecule has 1 aromatic carbocycles. The van der Waals surface area contributed by atoms with Gasteiger partial charge in [0.25, 0.3) is 0 Å². The lowest BCUT2D eigenvalue weighted by Crippen LogP contribution is -1.78. The topological polar surface area (TPSA) is 36.7 Å². The molecule has 0 aliphatic rings. The van der Waals surface area contributed by atoms with Crippen molar-refractivity contribution in [1.29, 1.82) is 5.26 Å². The van der Waals surface area contributed by atoms with E-state index in [9.17, 15) is 4.39 Å². The number of halogens is 2. The first-order valence-corrected chi connectivity index (χ1v) is 5.22. The van der Waals surface area contributed by atoms with E-state index in [1.54, 1.807) is 12.1 Å². The minimum absolute atomic E-state index is 0.209.